The molecule has 4 amide bonds. The van der Waals surface area contributed by atoms with Gasteiger partial charge in [-0.1, -0.05) is 59.7 Å². The fourth-order valence-electron chi connectivity index (χ4n) is 9.36. The van der Waals surface area contributed by atoms with Gasteiger partial charge in [0.05, 0.1) is 56.4 Å². The van der Waals surface area contributed by atoms with E-state index in [9.17, 15) is 45.8 Å². The van der Waals surface area contributed by atoms with E-state index >= 15 is 4.79 Å². The molecule has 1 saturated carbocycles. The number of imide groups is 2. The van der Waals surface area contributed by atoms with Crippen LogP contribution in [0.5, 0.6) is 11.5 Å². The fraction of sp³-hybridized carbons (Fsp3) is 0.286. The minimum atomic E-state index is -5.24. The summed E-state index contributed by atoms with van der Waals surface area (Å²) in [7, 11) is 1.34. The maximum atomic E-state index is 15.3. The number of carbonyl (C=O) groups excluding carboxylic acids is 4. The second-order valence-corrected chi connectivity index (χ2v) is 16.1. The molecule has 300 valence electrons. The number of fused-ring (bicyclic) bond motifs is 4. The number of rotatable bonds is 6. The molecule has 0 bridgehead atoms. The third-order valence-corrected chi connectivity index (χ3v) is 12.7. The summed E-state index contributed by atoms with van der Waals surface area (Å²) >= 11 is 1.90. The predicted molar refractivity (Wildman–Crippen MR) is 205 cm³/mol. The van der Waals surface area contributed by atoms with Crippen LogP contribution in [0, 0.1) is 34.2 Å². The number of carbonyl (C=O) groups is 4. The van der Waals surface area contributed by atoms with Crippen LogP contribution in [0.3, 0.4) is 0 Å². The molecule has 3 fully saturated rings. The van der Waals surface area contributed by atoms with Crippen molar-refractivity contribution in [3.8, 4) is 11.5 Å². The van der Waals surface area contributed by atoms with Gasteiger partial charge in [-0.15, -0.1) is 0 Å². The van der Waals surface area contributed by atoms with E-state index in [1.54, 1.807) is 66.7 Å². The number of nitrogens with one attached hydrogen (secondary N) is 1. The number of ether oxygens (including phenoxy) is 1. The molecular formula is C42H32F6IN3O6. The van der Waals surface area contributed by atoms with Crippen molar-refractivity contribution in [2.24, 2.45) is 23.7 Å². The van der Waals surface area contributed by atoms with Crippen molar-refractivity contribution in [2.75, 3.05) is 17.4 Å². The molecule has 4 aromatic carbocycles. The van der Waals surface area contributed by atoms with Gasteiger partial charge in [0, 0.05) is 5.92 Å². The quantitative estimate of drug-likeness (QED) is 0.0863. The number of nitrogens with zero attached hydrogens (tertiary/aromatic N) is 2. The summed E-state index contributed by atoms with van der Waals surface area (Å²) in [5.74, 6) is -9.15. The van der Waals surface area contributed by atoms with Crippen LogP contribution >= 0.6 is 22.6 Å². The zero-order valence-corrected chi connectivity index (χ0v) is 32.6. The lowest BCUT2D eigenvalue weighted by atomic mass is 9.49. The number of aryl methyl sites for hydroxylation is 1. The van der Waals surface area contributed by atoms with E-state index in [0.29, 0.717) is 43.0 Å². The summed E-state index contributed by atoms with van der Waals surface area (Å²) < 4.78 is 89.5. The lowest BCUT2D eigenvalue weighted by Crippen LogP contribution is -2.53. The van der Waals surface area contributed by atoms with Gasteiger partial charge in [0.15, 0.2) is 11.5 Å². The van der Waals surface area contributed by atoms with Crippen LogP contribution in [-0.4, -0.2) is 40.9 Å². The molecule has 0 spiro atoms. The van der Waals surface area contributed by atoms with Crippen molar-refractivity contribution < 1.29 is 55.4 Å². The number of allylic oxidation sites excluding steroid dienone is 2. The highest BCUT2D eigenvalue weighted by molar-refractivity contribution is 14.1. The largest absolute Gasteiger partial charge is 0.504 e. The summed E-state index contributed by atoms with van der Waals surface area (Å²) in [6, 6.07) is 19.3. The average molecular weight is 916 g/mol. The first-order valence-electron chi connectivity index (χ1n) is 18.1. The van der Waals surface area contributed by atoms with Crippen LogP contribution in [0.2, 0.25) is 0 Å². The lowest BCUT2D eigenvalue weighted by molar-refractivity contribution is -0.143. The van der Waals surface area contributed by atoms with Gasteiger partial charge in [-0.05, 0) is 102 Å². The van der Waals surface area contributed by atoms with Gasteiger partial charge in [0.1, 0.15) is 0 Å². The van der Waals surface area contributed by atoms with Crippen LogP contribution in [0.25, 0.3) is 0 Å². The Labute approximate surface area is 340 Å². The molecule has 0 aromatic heterocycles. The van der Waals surface area contributed by atoms with Gasteiger partial charge in [-0.25, -0.2) is 4.90 Å². The van der Waals surface area contributed by atoms with Crippen molar-refractivity contribution in [2.45, 2.75) is 43.5 Å². The zero-order valence-electron chi connectivity index (χ0n) is 30.5. The van der Waals surface area contributed by atoms with Crippen molar-refractivity contribution in [3.63, 3.8) is 0 Å². The number of methoxy groups -OCH3 is 1. The monoisotopic (exact) mass is 915 g/mol. The topological polar surface area (TPSA) is 116 Å². The maximum Gasteiger partial charge on any atom is 0.416 e. The summed E-state index contributed by atoms with van der Waals surface area (Å²) in [6.07, 6.45) is -9.10. The second kappa shape index (κ2) is 13.9. The van der Waals surface area contributed by atoms with Crippen molar-refractivity contribution in [3.05, 3.63) is 128 Å². The van der Waals surface area contributed by atoms with E-state index in [4.69, 9.17) is 4.74 Å². The van der Waals surface area contributed by atoms with Crippen molar-refractivity contribution in [1.82, 2.24) is 5.01 Å². The number of phenols is 1. The van der Waals surface area contributed by atoms with E-state index < -0.39 is 87.8 Å². The van der Waals surface area contributed by atoms with Gasteiger partial charge in [0.2, 0.25) is 11.8 Å². The highest BCUT2D eigenvalue weighted by atomic mass is 127. The summed E-state index contributed by atoms with van der Waals surface area (Å²) in [6.45, 7) is 1.87. The second-order valence-electron chi connectivity index (χ2n) is 14.9. The molecule has 2 saturated heterocycles. The highest BCUT2D eigenvalue weighted by Gasteiger charge is 2.70. The summed E-state index contributed by atoms with van der Waals surface area (Å²) in [4.78, 5) is 59.3. The molecule has 58 heavy (non-hydrogen) atoms. The summed E-state index contributed by atoms with van der Waals surface area (Å²) in [5, 5.41) is 11.8. The number of aromatic hydroxyl groups is 1. The number of anilines is 2. The molecule has 9 nitrogen and oxygen atoms in total. The van der Waals surface area contributed by atoms with Crippen molar-refractivity contribution >= 4 is 57.6 Å². The third kappa shape index (κ3) is 6.04. The van der Waals surface area contributed by atoms with Crippen molar-refractivity contribution in [1.29, 1.82) is 0 Å². The van der Waals surface area contributed by atoms with Gasteiger partial charge in [-0.2, -0.15) is 31.4 Å². The Morgan fingerprint density at radius 2 is 1.47 bits per heavy atom. The molecule has 6 atom stereocenters. The van der Waals surface area contributed by atoms with Gasteiger partial charge < -0.3 is 9.84 Å². The predicted octanol–water partition coefficient (Wildman–Crippen LogP) is 8.54. The van der Waals surface area contributed by atoms with Gasteiger partial charge in [-0.3, -0.25) is 24.6 Å². The minimum absolute atomic E-state index is 0.0489. The average Bonchev–Trinajstić information content (AvgIpc) is 3.56. The van der Waals surface area contributed by atoms with Gasteiger partial charge >= 0.3 is 12.4 Å². The first-order valence-corrected chi connectivity index (χ1v) is 19.2. The molecule has 4 aromatic rings. The Hall–Kier alpha value is -5.39. The van der Waals surface area contributed by atoms with Crippen LogP contribution in [0.1, 0.15) is 46.6 Å². The zero-order chi connectivity index (χ0) is 41.6. The van der Waals surface area contributed by atoms with Crippen LogP contribution < -0.4 is 15.1 Å². The van der Waals surface area contributed by atoms with Crippen LogP contribution in [0.4, 0.5) is 37.7 Å². The molecule has 2 aliphatic heterocycles. The maximum absolute atomic E-state index is 15.3. The summed E-state index contributed by atoms with van der Waals surface area (Å²) in [5.41, 5.74) is -0.272. The molecule has 8 rings (SSSR count). The van der Waals surface area contributed by atoms with E-state index in [2.05, 4.69) is 5.43 Å². The number of hydrazine groups is 1. The molecule has 0 radical (unpaired) electrons. The lowest BCUT2D eigenvalue weighted by Gasteiger charge is -2.50. The Bertz CT molecular complexity index is 2390. The van der Waals surface area contributed by atoms with E-state index in [1.165, 1.54) is 13.2 Å². The molecule has 16 heteroatoms. The highest BCUT2D eigenvalue weighted by Crippen LogP contribution is 2.64. The first-order chi connectivity index (χ1) is 27.4. The van der Waals surface area contributed by atoms with E-state index in [-0.39, 0.29) is 30.4 Å². The van der Waals surface area contributed by atoms with E-state index in [0.717, 1.165) is 10.6 Å². The number of hydrogen-bond acceptors (Lipinski definition) is 7. The number of alkyl halides is 6. The Morgan fingerprint density at radius 3 is 2.07 bits per heavy atom. The molecule has 2 aliphatic carbocycles. The Kier molecular flexibility index (Phi) is 9.43. The smallest absolute Gasteiger partial charge is 0.416 e. The number of benzene rings is 4. The number of amides is 4. The Morgan fingerprint density at radius 1 is 0.828 bits per heavy atom. The fourth-order valence-corrected chi connectivity index (χ4v) is 9.99. The van der Waals surface area contributed by atoms with E-state index in [1.807, 2.05) is 29.5 Å². The molecule has 4 aliphatic rings. The third-order valence-electron chi connectivity index (χ3n) is 11.8. The number of hydrogen-bond donors (Lipinski definition) is 2. The Balaban J connectivity index is 1.32. The van der Waals surface area contributed by atoms with Crippen LogP contribution in [-0.2, 0) is 36.9 Å². The van der Waals surface area contributed by atoms with Gasteiger partial charge in [0.25, 0.3) is 11.8 Å². The molecular weight excluding hydrogens is 883 g/mol. The number of phenolic OH excluding ortho intramolecular Hbond substituents is 1. The standard InChI is InChI=1S/C42H32F6IN3O6/c1-20-8-10-25(11-9-20)50-52-37(55)30-19-29-27(34(21-14-31(49)35(53)32(15-21)58-2)40(30,39(52)57)22-6-4-3-5-7-22)12-13-28-33(29)38(56)51(36(28)54)26-17-23(41(43,44)45)16-24(18-26)42(46,47)48/h3-12,14-18,28-30,33-34,50,53H,13,19H2,1-2H3. The molecule has 6 unspecified atom stereocenters. The number of halogens is 7. The normalized spacial score (nSPS) is 25.7. The first kappa shape index (κ1) is 39.4. The SMILES string of the molecule is COc1cc(C2C3=CCC4C(=O)N(c5cc(C(F)(F)F)cc(C(F)(F)F)c5)C(=O)C4C3CC3C(=O)N(Nc4ccc(C)cc4)C(=O)C32c2ccccc2)cc(I)c1O. The minimum Gasteiger partial charge on any atom is -0.504 e. The molecule has 2 heterocycles. The molecule has 2 N–H and O–H groups in total. The van der Waals surface area contributed by atoms with Crippen LogP contribution in [0.15, 0.2) is 96.6 Å².